The quantitative estimate of drug-likeness (QED) is 0.851. The second-order valence-electron chi connectivity index (χ2n) is 7.90. The summed E-state index contributed by atoms with van der Waals surface area (Å²) < 4.78 is 0. The highest BCUT2D eigenvalue weighted by Crippen LogP contribution is 2.39. The van der Waals surface area contributed by atoms with E-state index < -0.39 is 0 Å². The van der Waals surface area contributed by atoms with E-state index in [2.05, 4.69) is 17.4 Å². The average Bonchev–Trinajstić information content (AvgIpc) is 2.59. The van der Waals surface area contributed by atoms with Gasteiger partial charge in [-0.05, 0) is 67.9 Å². The monoisotopic (exact) mass is 298 g/mol. The van der Waals surface area contributed by atoms with Crippen molar-refractivity contribution < 1.29 is 0 Å². The Labute approximate surface area is 135 Å². The molecule has 0 spiro atoms. The van der Waals surface area contributed by atoms with Crippen molar-refractivity contribution in [3.63, 3.8) is 0 Å². The summed E-state index contributed by atoms with van der Waals surface area (Å²) in [5, 5.41) is 3.63. The van der Waals surface area contributed by atoms with Crippen LogP contribution < -0.4 is 5.32 Å². The molecule has 1 N–H and O–H groups in total. The molecule has 3 aliphatic rings. The first kappa shape index (κ1) is 14.5. The zero-order valence-corrected chi connectivity index (χ0v) is 13.8. The van der Waals surface area contributed by atoms with Gasteiger partial charge in [0.15, 0.2) is 0 Å². The van der Waals surface area contributed by atoms with Gasteiger partial charge in [0.25, 0.3) is 0 Å². The van der Waals surface area contributed by atoms with Crippen molar-refractivity contribution in [1.82, 2.24) is 4.98 Å². The lowest BCUT2D eigenvalue weighted by atomic mass is 9.70. The van der Waals surface area contributed by atoms with Gasteiger partial charge in [0.1, 0.15) is 5.82 Å². The molecule has 2 fully saturated rings. The van der Waals surface area contributed by atoms with Crippen LogP contribution in [0.2, 0.25) is 0 Å². The van der Waals surface area contributed by atoms with Gasteiger partial charge in [-0.1, -0.05) is 38.2 Å². The Kier molecular flexibility index (Phi) is 4.36. The third kappa shape index (κ3) is 3.16. The van der Waals surface area contributed by atoms with Crippen molar-refractivity contribution in [2.45, 2.75) is 70.6 Å². The third-order valence-electron chi connectivity index (χ3n) is 6.37. The topological polar surface area (TPSA) is 24.9 Å². The largest absolute Gasteiger partial charge is 0.370 e. The van der Waals surface area contributed by atoms with Crippen molar-refractivity contribution >= 4 is 5.82 Å². The Morgan fingerprint density at radius 2 is 1.59 bits per heavy atom. The molecule has 0 saturated heterocycles. The summed E-state index contributed by atoms with van der Waals surface area (Å²) in [5.41, 5.74) is 2.93. The number of hydrogen-bond acceptors (Lipinski definition) is 2. The molecular weight excluding hydrogens is 268 g/mol. The lowest BCUT2D eigenvalue weighted by molar-refractivity contribution is 0.218. The number of nitrogens with zero attached hydrogens (tertiary/aromatic N) is 1. The summed E-state index contributed by atoms with van der Waals surface area (Å²) in [6.07, 6.45) is 15.4. The van der Waals surface area contributed by atoms with Gasteiger partial charge in [0, 0.05) is 12.2 Å². The SMILES string of the molecule is c1cc2c(nc1NCC1CCCCC1)CC1CCCCC1C2. The number of fused-ring (bicyclic) bond motifs is 2. The molecule has 120 valence electrons. The molecule has 1 aromatic rings. The van der Waals surface area contributed by atoms with Crippen molar-refractivity contribution in [3.8, 4) is 0 Å². The zero-order chi connectivity index (χ0) is 14.8. The Hall–Kier alpha value is -1.05. The van der Waals surface area contributed by atoms with Gasteiger partial charge in [0.2, 0.25) is 0 Å². The van der Waals surface area contributed by atoms with E-state index in [0.29, 0.717) is 0 Å². The molecule has 22 heavy (non-hydrogen) atoms. The standard InChI is InChI=1S/C20H30N2/c1-2-6-15(7-3-1)14-21-20-11-10-18-12-16-8-4-5-9-17(16)13-19(18)22-20/h10-11,15-17H,1-9,12-14H2,(H,21,22). The summed E-state index contributed by atoms with van der Waals surface area (Å²) in [7, 11) is 0. The lowest BCUT2D eigenvalue weighted by Crippen LogP contribution is -2.29. The Balaban J connectivity index is 1.40. The predicted molar refractivity (Wildman–Crippen MR) is 92.2 cm³/mol. The van der Waals surface area contributed by atoms with Crippen LogP contribution in [-0.4, -0.2) is 11.5 Å². The average molecular weight is 298 g/mol. The number of hydrogen-bond donors (Lipinski definition) is 1. The maximum absolute atomic E-state index is 4.98. The van der Waals surface area contributed by atoms with E-state index in [1.807, 2.05) is 0 Å². The fourth-order valence-electron chi connectivity index (χ4n) is 4.98. The minimum absolute atomic E-state index is 0.870. The van der Waals surface area contributed by atoms with E-state index in [1.54, 1.807) is 0 Å². The van der Waals surface area contributed by atoms with Gasteiger partial charge >= 0.3 is 0 Å². The van der Waals surface area contributed by atoms with E-state index in [0.717, 1.165) is 30.1 Å². The van der Waals surface area contributed by atoms with E-state index in [9.17, 15) is 0 Å². The minimum atomic E-state index is 0.870. The van der Waals surface area contributed by atoms with Crippen LogP contribution >= 0.6 is 0 Å². The molecule has 0 aromatic carbocycles. The molecule has 2 unspecified atom stereocenters. The fourth-order valence-corrected chi connectivity index (χ4v) is 4.98. The van der Waals surface area contributed by atoms with Crippen molar-refractivity contribution in [2.75, 3.05) is 11.9 Å². The molecule has 4 rings (SSSR count). The van der Waals surface area contributed by atoms with Gasteiger partial charge in [-0.3, -0.25) is 0 Å². The molecule has 2 atom stereocenters. The van der Waals surface area contributed by atoms with Crippen LogP contribution in [0.4, 0.5) is 5.82 Å². The smallest absolute Gasteiger partial charge is 0.126 e. The van der Waals surface area contributed by atoms with Crippen LogP contribution in [-0.2, 0) is 12.8 Å². The highest BCUT2D eigenvalue weighted by molar-refractivity contribution is 5.40. The molecule has 1 aromatic heterocycles. The lowest BCUT2D eigenvalue weighted by Gasteiger charge is -2.36. The number of rotatable bonds is 3. The highest BCUT2D eigenvalue weighted by Gasteiger charge is 2.31. The number of aromatic nitrogens is 1. The number of anilines is 1. The van der Waals surface area contributed by atoms with Gasteiger partial charge in [-0.25, -0.2) is 4.98 Å². The van der Waals surface area contributed by atoms with Crippen LogP contribution in [0.3, 0.4) is 0 Å². The van der Waals surface area contributed by atoms with E-state index in [1.165, 1.54) is 81.9 Å². The minimum Gasteiger partial charge on any atom is -0.370 e. The highest BCUT2D eigenvalue weighted by atomic mass is 15.0. The van der Waals surface area contributed by atoms with E-state index >= 15 is 0 Å². The Morgan fingerprint density at radius 1 is 0.864 bits per heavy atom. The van der Waals surface area contributed by atoms with Crippen LogP contribution in [0.25, 0.3) is 0 Å². The van der Waals surface area contributed by atoms with Gasteiger partial charge < -0.3 is 5.32 Å². The fraction of sp³-hybridized carbons (Fsp3) is 0.750. The maximum Gasteiger partial charge on any atom is 0.126 e. The van der Waals surface area contributed by atoms with Crippen LogP contribution in [0.15, 0.2) is 12.1 Å². The summed E-state index contributed by atoms with van der Waals surface area (Å²) >= 11 is 0. The van der Waals surface area contributed by atoms with Crippen molar-refractivity contribution in [3.05, 3.63) is 23.4 Å². The molecule has 2 heteroatoms. The number of pyridine rings is 1. The molecule has 0 radical (unpaired) electrons. The second kappa shape index (κ2) is 6.60. The van der Waals surface area contributed by atoms with Crippen LogP contribution in [0, 0.1) is 17.8 Å². The van der Waals surface area contributed by atoms with Gasteiger partial charge in [-0.15, -0.1) is 0 Å². The summed E-state index contributed by atoms with van der Waals surface area (Å²) in [5.74, 6) is 3.86. The Morgan fingerprint density at radius 3 is 2.41 bits per heavy atom. The number of nitrogens with one attached hydrogen (secondary N) is 1. The molecule has 1 heterocycles. The molecular formula is C20H30N2. The van der Waals surface area contributed by atoms with Crippen molar-refractivity contribution in [2.24, 2.45) is 17.8 Å². The predicted octanol–water partition coefficient (Wildman–Crippen LogP) is 4.98. The summed E-state index contributed by atoms with van der Waals surface area (Å²) in [6, 6.07) is 4.58. The van der Waals surface area contributed by atoms with Crippen LogP contribution in [0.1, 0.15) is 69.0 Å². The normalized spacial score (nSPS) is 28.7. The van der Waals surface area contributed by atoms with Gasteiger partial charge in [-0.2, -0.15) is 0 Å². The molecule has 2 saturated carbocycles. The first-order valence-corrected chi connectivity index (χ1v) is 9.61. The second-order valence-corrected chi connectivity index (χ2v) is 7.90. The Bertz CT molecular complexity index is 504. The molecule has 3 aliphatic carbocycles. The molecule has 2 nitrogen and oxygen atoms in total. The first-order chi connectivity index (χ1) is 10.9. The summed E-state index contributed by atoms with van der Waals surface area (Å²) in [6.45, 7) is 1.12. The van der Waals surface area contributed by atoms with E-state index in [-0.39, 0.29) is 0 Å². The molecule has 0 bridgehead atoms. The van der Waals surface area contributed by atoms with Crippen molar-refractivity contribution in [1.29, 1.82) is 0 Å². The summed E-state index contributed by atoms with van der Waals surface area (Å²) in [4.78, 5) is 4.98. The van der Waals surface area contributed by atoms with Crippen LogP contribution in [0.5, 0.6) is 0 Å². The molecule has 0 amide bonds. The molecule has 0 aliphatic heterocycles. The van der Waals surface area contributed by atoms with Gasteiger partial charge in [0.05, 0.1) is 0 Å². The van der Waals surface area contributed by atoms with E-state index in [4.69, 9.17) is 4.98 Å². The third-order valence-corrected chi connectivity index (χ3v) is 6.37. The zero-order valence-electron chi connectivity index (χ0n) is 13.8. The maximum atomic E-state index is 4.98. The first-order valence-electron chi connectivity index (χ1n) is 9.61.